The second kappa shape index (κ2) is 3.85. The van der Waals surface area contributed by atoms with Crippen molar-refractivity contribution in [3.05, 3.63) is 47.7 Å². The highest BCUT2D eigenvalue weighted by atomic mass is 19.1. The highest BCUT2D eigenvalue weighted by molar-refractivity contribution is 5.58. The predicted molar refractivity (Wildman–Crippen MR) is 53.4 cm³/mol. The molecule has 0 radical (unpaired) electrons. The van der Waals surface area contributed by atoms with Gasteiger partial charge in [-0.3, -0.25) is 0 Å². The lowest BCUT2D eigenvalue weighted by Crippen LogP contribution is -1.84. The van der Waals surface area contributed by atoms with E-state index in [2.05, 4.69) is 0 Å². The van der Waals surface area contributed by atoms with Crippen molar-refractivity contribution in [1.82, 2.24) is 0 Å². The average molecular weight is 208 g/mol. The van der Waals surface area contributed by atoms with Gasteiger partial charge in [0, 0.05) is 12.5 Å². The van der Waals surface area contributed by atoms with Gasteiger partial charge in [-0.2, -0.15) is 0 Å². The molecule has 0 aliphatic rings. The van der Waals surface area contributed by atoms with Gasteiger partial charge in [0.2, 0.25) is 0 Å². The topological polar surface area (TPSA) is 13.1 Å². The summed E-state index contributed by atoms with van der Waals surface area (Å²) in [6, 6.07) is 6.92. The first kappa shape index (κ1) is 9.90. The Kier molecular flexibility index (Phi) is 2.54. The summed E-state index contributed by atoms with van der Waals surface area (Å²) in [7, 11) is 0. The molecule has 1 nitrogen and oxygen atoms in total. The van der Waals surface area contributed by atoms with Gasteiger partial charge in [0.25, 0.3) is 0 Å². The third-order valence-electron chi connectivity index (χ3n) is 2.21. The van der Waals surface area contributed by atoms with Crippen molar-refractivity contribution in [2.24, 2.45) is 0 Å². The van der Waals surface area contributed by atoms with Gasteiger partial charge >= 0.3 is 0 Å². The third-order valence-corrected chi connectivity index (χ3v) is 2.21. The van der Waals surface area contributed by atoms with Gasteiger partial charge in [0.05, 0.1) is 5.56 Å². The fourth-order valence-corrected chi connectivity index (χ4v) is 1.40. The average Bonchev–Trinajstić information content (AvgIpc) is 2.66. The van der Waals surface area contributed by atoms with Crippen LogP contribution in [0, 0.1) is 11.6 Å². The molecule has 0 saturated heterocycles. The number of benzene rings is 1. The lowest BCUT2D eigenvalue weighted by Gasteiger charge is -1.99. The van der Waals surface area contributed by atoms with Crippen LogP contribution in [-0.4, -0.2) is 0 Å². The summed E-state index contributed by atoms with van der Waals surface area (Å²) in [5, 5.41) is 0. The summed E-state index contributed by atoms with van der Waals surface area (Å²) in [5.41, 5.74) is 0.288. The maximum absolute atomic E-state index is 13.3. The number of hydrogen-bond donors (Lipinski definition) is 0. The summed E-state index contributed by atoms with van der Waals surface area (Å²) >= 11 is 0. The van der Waals surface area contributed by atoms with Gasteiger partial charge in [-0.15, -0.1) is 0 Å². The Labute approximate surface area is 86.3 Å². The summed E-state index contributed by atoms with van der Waals surface area (Å²) in [4.78, 5) is 0. The normalized spacial score (nSPS) is 10.6. The van der Waals surface area contributed by atoms with Crippen LogP contribution < -0.4 is 0 Å². The Morgan fingerprint density at radius 2 is 1.93 bits per heavy atom. The molecule has 0 amide bonds. The molecule has 0 atom stereocenters. The highest BCUT2D eigenvalue weighted by Crippen LogP contribution is 2.25. The van der Waals surface area contributed by atoms with E-state index in [4.69, 9.17) is 4.42 Å². The smallest absolute Gasteiger partial charge is 0.137 e. The van der Waals surface area contributed by atoms with Crippen LogP contribution in [0.4, 0.5) is 8.78 Å². The third kappa shape index (κ3) is 1.91. The minimum atomic E-state index is -0.605. The van der Waals surface area contributed by atoms with E-state index in [1.807, 2.05) is 6.92 Å². The molecule has 15 heavy (non-hydrogen) atoms. The second-order valence-electron chi connectivity index (χ2n) is 3.24. The number of hydrogen-bond acceptors (Lipinski definition) is 1. The maximum Gasteiger partial charge on any atom is 0.137 e. The quantitative estimate of drug-likeness (QED) is 0.731. The largest absolute Gasteiger partial charge is 0.461 e. The van der Waals surface area contributed by atoms with Gasteiger partial charge in [0.15, 0.2) is 0 Å². The summed E-state index contributed by atoms with van der Waals surface area (Å²) < 4.78 is 31.4. The zero-order valence-electron chi connectivity index (χ0n) is 8.26. The molecule has 0 spiro atoms. The Bertz CT molecular complexity index is 474. The molecule has 1 aromatic heterocycles. The van der Waals surface area contributed by atoms with Crippen molar-refractivity contribution in [2.75, 3.05) is 0 Å². The Morgan fingerprint density at radius 3 is 2.53 bits per heavy atom. The van der Waals surface area contributed by atoms with Crippen molar-refractivity contribution in [3.63, 3.8) is 0 Å². The van der Waals surface area contributed by atoms with E-state index in [1.165, 1.54) is 12.1 Å². The molecule has 1 aromatic carbocycles. The molecular formula is C12H10F2O. The van der Waals surface area contributed by atoms with Crippen LogP contribution in [0.5, 0.6) is 0 Å². The van der Waals surface area contributed by atoms with Crippen molar-refractivity contribution < 1.29 is 13.2 Å². The van der Waals surface area contributed by atoms with Crippen LogP contribution in [0.2, 0.25) is 0 Å². The molecule has 0 N–H and O–H groups in total. The van der Waals surface area contributed by atoms with Gasteiger partial charge in [0.1, 0.15) is 23.2 Å². The SMILES string of the molecule is CCc1ccc(-c2ccc(F)cc2F)o1. The molecule has 0 bridgehead atoms. The summed E-state index contributed by atoms with van der Waals surface area (Å²) in [5.74, 6) is 0.0311. The summed E-state index contributed by atoms with van der Waals surface area (Å²) in [6.45, 7) is 1.95. The van der Waals surface area contributed by atoms with E-state index in [0.717, 1.165) is 18.2 Å². The molecule has 2 aromatic rings. The van der Waals surface area contributed by atoms with Crippen LogP contribution in [-0.2, 0) is 6.42 Å². The molecule has 1 heterocycles. The summed E-state index contributed by atoms with van der Waals surface area (Å²) in [6.07, 6.45) is 0.753. The molecule has 2 rings (SSSR count). The van der Waals surface area contributed by atoms with E-state index in [-0.39, 0.29) is 5.56 Å². The number of furan rings is 1. The van der Waals surface area contributed by atoms with Crippen molar-refractivity contribution >= 4 is 0 Å². The zero-order chi connectivity index (χ0) is 10.8. The Balaban J connectivity index is 2.44. The number of rotatable bonds is 2. The van der Waals surface area contributed by atoms with Crippen molar-refractivity contribution in [1.29, 1.82) is 0 Å². The second-order valence-corrected chi connectivity index (χ2v) is 3.24. The van der Waals surface area contributed by atoms with E-state index in [9.17, 15) is 8.78 Å². The maximum atomic E-state index is 13.3. The first-order valence-corrected chi connectivity index (χ1v) is 4.75. The predicted octanol–water partition coefficient (Wildman–Crippen LogP) is 3.79. The minimum Gasteiger partial charge on any atom is -0.461 e. The Morgan fingerprint density at radius 1 is 1.13 bits per heavy atom. The molecule has 3 heteroatoms. The van der Waals surface area contributed by atoms with Gasteiger partial charge < -0.3 is 4.42 Å². The molecule has 0 saturated carbocycles. The number of halogens is 2. The molecule has 0 aliphatic carbocycles. The first-order valence-electron chi connectivity index (χ1n) is 4.75. The van der Waals surface area contributed by atoms with Crippen LogP contribution >= 0.6 is 0 Å². The lowest BCUT2D eigenvalue weighted by atomic mass is 10.1. The highest BCUT2D eigenvalue weighted by Gasteiger charge is 2.09. The van der Waals surface area contributed by atoms with Crippen molar-refractivity contribution in [2.45, 2.75) is 13.3 Å². The van der Waals surface area contributed by atoms with Crippen LogP contribution in [0.25, 0.3) is 11.3 Å². The van der Waals surface area contributed by atoms with E-state index >= 15 is 0 Å². The van der Waals surface area contributed by atoms with E-state index in [1.54, 1.807) is 12.1 Å². The molecule has 78 valence electrons. The molecule has 0 fully saturated rings. The van der Waals surface area contributed by atoms with Gasteiger partial charge in [-0.1, -0.05) is 6.92 Å². The minimum absolute atomic E-state index is 0.288. The van der Waals surface area contributed by atoms with E-state index in [0.29, 0.717) is 5.76 Å². The van der Waals surface area contributed by atoms with Gasteiger partial charge in [-0.25, -0.2) is 8.78 Å². The molecular weight excluding hydrogens is 198 g/mol. The van der Waals surface area contributed by atoms with Gasteiger partial charge in [-0.05, 0) is 24.3 Å². The standard InChI is InChI=1S/C12H10F2O/c1-2-9-4-6-12(15-9)10-5-3-8(13)7-11(10)14/h3-7H,2H2,1H3. The number of aryl methyl sites for hydroxylation is 1. The first-order chi connectivity index (χ1) is 7.20. The van der Waals surface area contributed by atoms with E-state index < -0.39 is 11.6 Å². The molecule has 0 unspecified atom stereocenters. The fourth-order valence-electron chi connectivity index (χ4n) is 1.40. The monoisotopic (exact) mass is 208 g/mol. The lowest BCUT2D eigenvalue weighted by molar-refractivity contribution is 0.521. The van der Waals surface area contributed by atoms with Crippen LogP contribution in [0.1, 0.15) is 12.7 Å². The molecule has 0 aliphatic heterocycles. The van der Waals surface area contributed by atoms with Crippen LogP contribution in [0.3, 0.4) is 0 Å². The van der Waals surface area contributed by atoms with Crippen molar-refractivity contribution in [3.8, 4) is 11.3 Å². The van der Waals surface area contributed by atoms with Crippen LogP contribution in [0.15, 0.2) is 34.7 Å². The Hall–Kier alpha value is -1.64. The fraction of sp³-hybridized carbons (Fsp3) is 0.167. The zero-order valence-corrected chi connectivity index (χ0v) is 8.26.